The summed E-state index contributed by atoms with van der Waals surface area (Å²) >= 11 is 7.96. The van der Waals surface area contributed by atoms with Crippen LogP contribution in [0.2, 0.25) is 5.02 Å². The normalized spacial score (nSPS) is 17.5. The zero-order valence-corrected chi connectivity index (χ0v) is 16.5. The highest BCUT2D eigenvalue weighted by Gasteiger charge is 2.32. The SMILES string of the molecule is CC(C)(C)C1NCCc2cc(-c3ccc4c(Cl)cc(C(N)=O)n4n3)sc21. The van der Waals surface area contributed by atoms with Gasteiger partial charge in [-0.05, 0) is 48.2 Å². The topological polar surface area (TPSA) is 72.4 Å². The van der Waals surface area contributed by atoms with E-state index in [1.54, 1.807) is 17.4 Å². The van der Waals surface area contributed by atoms with E-state index in [1.165, 1.54) is 15.0 Å². The van der Waals surface area contributed by atoms with E-state index in [4.69, 9.17) is 17.3 Å². The minimum absolute atomic E-state index is 0.141. The smallest absolute Gasteiger partial charge is 0.267 e. The molecule has 0 aliphatic carbocycles. The largest absolute Gasteiger partial charge is 0.364 e. The number of aromatic nitrogens is 2. The van der Waals surface area contributed by atoms with E-state index in [9.17, 15) is 4.79 Å². The third-order valence-electron chi connectivity index (χ3n) is 4.79. The Kier molecular flexibility index (Phi) is 4.10. The highest BCUT2D eigenvalue weighted by Crippen LogP contribution is 2.43. The number of rotatable bonds is 2. The van der Waals surface area contributed by atoms with Gasteiger partial charge in [0.25, 0.3) is 5.91 Å². The second kappa shape index (κ2) is 6.08. The second-order valence-electron chi connectivity index (χ2n) is 7.76. The van der Waals surface area contributed by atoms with Gasteiger partial charge in [-0.1, -0.05) is 32.4 Å². The summed E-state index contributed by atoms with van der Waals surface area (Å²) in [5.41, 5.74) is 8.78. The molecule has 1 atom stereocenters. The highest BCUT2D eigenvalue weighted by molar-refractivity contribution is 7.15. The molecule has 3 aromatic heterocycles. The summed E-state index contributed by atoms with van der Waals surface area (Å²) in [5, 5.41) is 8.76. The van der Waals surface area contributed by atoms with Crippen LogP contribution in [0.25, 0.3) is 16.1 Å². The molecular formula is C19H21ClN4OS. The van der Waals surface area contributed by atoms with Crippen LogP contribution in [-0.4, -0.2) is 22.1 Å². The molecule has 136 valence electrons. The molecule has 0 saturated carbocycles. The van der Waals surface area contributed by atoms with Crippen molar-refractivity contribution in [1.29, 1.82) is 0 Å². The van der Waals surface area contributed by atoms with Crippen molar-refractivity contribution >= 4 is 34.4 Å². The molecule has 4 heterocycles. The lowest BCUT2D eigenvalue weighted by molar-refractivity contribution is 0.0994. The lowest BCUT2D eigenvalue weighted by Gasteiger charge is -2.34. The van der Waals surface area contributed by atoms with E-state index < -0.39 is 5.91 Å². The number of nitrogens with one attached hydrogen (secondary N) is 1. The van der Waals surface area contributed by atoms with Crippen molar-refractivity contribution in [2.45, 2.75) is 33.2 Å². The van der Waals surface area contributed by atoms with Gasteiger partial charge in [-0.25, -0.2) is 4.52 Å². The number of halogens is 1. The number of carbonyl (C=O) groups excluding carboxylic acids is 1. The van der Waals surface area contributed by atoms with Crippen LogP contribution in [0.15, 0.2) is 24.3 Å². The Labute approximate surface area is 161 Å². The molecule has 26 heavy (non-hydrogen) atoms. The molecule has 1 unspecified atom stereocenters. The Morgan fingerprint density at radius 2 is 2.15 bits per heavy atom. The van der Waals surface area contributed by atoms with Gasteiger partial charge < -0.3 is 11.1 Å². The van der Waals surface area contributed by atoms with E-state index >= 15 is 0 Å². The molecule has 5 nitrogen and oxygen atoms in total. The quantitative estimate of drug-likeness (QED) is 0.695. The molecule has 0 saturated heterocycles. The zero-order valence-electron chi connectivity index (χ0n) is 15.0. The van der Waals surface area contributed by atoms with Gasteiger partial charge in [-0.2, -0.15) is 5.10 Å². The number of nitrogens with zero attached hydrogens (tertiary/aromatic N) is 2. The molecule has 7 heteroatoms. The predicted molar refractivity (Wildman–Crippen MR) is 106 cm³/mol. The summed E-state index contributed by atoms with van der Waals surface area (Å²) in [4.78, 5) is 14.2. The van der Waals surface area contributed by atoms with E-state index in [1.807, 2.05) is 12.1 Å². The molecule has 0 aromatic carbocycles. The molecule has 1 aliphatic rings. The van der Waals surface area contributed by atoms with Crippen LogP contribution in [0.3, 0.4) is 0 Å². The number of thiophene rings is 1. The number of hydrogen-bond acceptors (Lipinski definition) is 4. The Morgan fingerprint density at radius 3 is 2.85 bits per heavy atom. The summed E-state index contributed by atoms with van der Waals surface area (Å²) in [6.45, 7) is 7.75. The molecule has 4 rings (SSSR count). The molecule has 3 N–H and O–H groups in total. The Hall–Kier alpha value is -1.89. The van der Waals surface area contributed by atoms with Crippen molar-refractivity contribution in [2.24, 2.45) is 11.1 Å². The van der Waals surface area contributed by atoms with Crippen LogP contribution in [0.4, 0.5) is 0 Å². The van der Waals surface area contributed by atoms with Crippen LogP contribution in [0.5, 0.6) is 0 Å². The van der Waals surface area contributed by atoms with Gasteiger partial charge in [0.2, 0.25) is 0 Å². The molecule has 0 spiro atoms. The zero-order chi connectivity index (χ0) is 18.6. The monoisotopic (exact) mass is 388 g/mol. The first-order valence-corrected chi connectivity index (χ1v) is 9.79. The average Bonchev–Trinajstić information content (AvgIpc) is 3.14. The van der Waals surface area contributed by atoms with Crippen molar-refractivity contribution in [2.75, 3.05) is 6.54 Å². The van der Waals surface area contributed by atoms with Crippen molar-refractivity contribution in [3.63, 3.8) is 0 Å². The van der Waals surface area contributed by atoms with Crippen LogP contribution in [0, 0.1) is 5.41 Å². The van der Waals surface area contributed by atoms with E-state index in [0.717, 1.165) is 23.5 Å². The number of fused-ring (bicyclic) bond motifs is 2. The maximum Gasteiger partial charge on any atom is 0.267 e. The standard InChI is InChI=1S/C19H21ClN4OS/c1-19(2,3)17-16-10(6-7-22-17)8-15(26-16)12-4-5-13-11(20)9-14(18(21)25)24(13)23-12/h4-5,8-9,17,22H,6-7H2,1-3H3,(H2,21,25). The summed E-state index contributed by atoms with van der Waals surface area (Å²) in [6.07, 6.45) is 1.02. The molecule has 0 fully saturated rings. The lowest BCUT2D eigenvalue weighted by atomic mass is 9.82. The fraction of sp³-hybridized carbons (Fsp3) is 0.368. The fourth-order valence-electron chi connectivity index (χ4n) is 3.50. The average molecular weight is 389 g/mol. The summed E-state index contributed by atoms with van der Waals surface area (Å²) < 4.78 is 1.54. The van der Waals surface area contributed by atoms with Crippen molar-refractivity contribution in [3.05, 3.63) is 45.4 Å². The van der Waals surface area contributed by atoms with Crippen molar-refractivity contribution in [3.8, 4) is 10.6 Å². The van der Waals surface area contributed by atoms with E-state index in [2.05, 4.69) is 37.3 Å². The van der Waals surface area contributed by atoms with Crippen LogP contribution < -0.4 is 11.1 Å². The molecular weight excluding hydrogens is 368 g/mol. The van der Waals surface area contributed by atoms with Crippen LogP contribution >= 0.6 is 22.9 Å². The minimum atomic E-state index is -0.543. The van der Waals surface area contributed by atoms with Gasteiger partial charge >= 0.3 is 0 Å². The summed E-state index contributed by atoms with van der Waals surface area (Å²) in [7, 11) is 0. The van der Waals surface area contributed by atoms with Gasteiger partial charge in [-0.3, -0.25) is 4.79 Å². The lowest BCUT2D eigenvalue weighted by Crippen LogP contribution is -2.36. The first-order chi connectivity index (χ1) is 12.3. The number of hydrogen-bond donors (Lipinski definition) is 2. The number of nitrogens with two attached hydrogens (primary N) is 1. The van der Waals surface area contributed by atoms with Crippen LogP contribution in [-0.2, 0) is 6.42 Å². The Bertz CT molecular complexity index is 1010. The highest BCUT2D eigenvalue weighted by atomic mass is 35.5. The van der Waals surface area contributed by atoms with Gasteiger partial charge in [0.15, 0.2) is 0 Å². The minimum Gasteiger partial charge on any atom is -0.364 e. The molecule has 0 radical (unpaired) electrons. The molecule has 3 aromatic rings. The Balaban J connectivity index is 1.83. The number of carbonyl (C=O) groups is 1. The molecule has 1 aliphatic heterocycles. The third-order valence-corrected chi connectivity index (χ3v) is 6.36. The summed E-state index contributed by atoms with van der Waals surface area (Å²) in [6, 6.07) is 7.95. The van der Waals surface area contributed by atoms with Crippen LogP contribution in [0.1, 0.15) is 47.7 Å². The third kappa shape index (κ3) is 2.82. The second-order valence-corrected chi connectivity index (χ2v) is 9.25. The molecule has 0 bridgehead atoms. The van der Waals surface area contributed by atoms with E-state index in [0.29, 0.717) is 22.3 Å². The van der Waals surface area contributed by atoms with E-state index in [-0.39, 0.29) is 5.41 Å². The predicted octanol–water partition coefficient (Wildman–Crippen LogP) is 4.05. The van der Waals surface area contributed by atoms with Gasteiger partial charge in [-0.15, -0.1) is 11.3 Å². The van der Waals surface area contributed by atoms with Gasteiger partial charge in [0.1, 0.15) is 11.4 Å². The van der Waals surface area contributed by atoms with Crippen molar-refractivity contribution in [1.82, 2.24) is 14.9 Å². The van der Waals surface area contributed by atoms with Gasteiger partial charge in [0, 0.05) is 10.9 Å². The maximum atomic E-state index is 11.7. The number of amides is 1. The first kappa shape index (κ1) is 17.5. The number of primary amides is 1. The Morgan fingerprint density at radius 1 is 1.38 bits per heavy atom. The summed E-state index contributed by atoms with van der Waals surface area (Å²) in [5.74, 6) is -0.543. The van der Waals surface area contributed by atoms with Gasteiger partial charge in [0.05, 0.1) is 15.4 Å². The molecule has 1 amide bonds. The van der Waals surface area contributed by atoms with Crippen molar-refractivity contribution < 1.29 is 4.79 Å². The fourth-order valence-corrected chi connectivity index (χ4v) is 5.25. The maximum absolute atomic E-state index is 11.7. The first-order valence-electron chi connectivity index (χ1n) is 8.60.